The van der Waals surface area contributed by atoms with E-state index < -0.39 is 6.43 Å². The third kappa shape index (κ3) is 6.18. The highest BCUT2D eigenvalue weighted by atomic mass is 19.3. The van der Waals surface area contributed by atoms with E-state index in [4.69, 9.17) is 0 Å². The van der Waals surface area contributed by atoms with Gasteiger partial charge in [-0.3, -0.25) is 14.5 Å². The first-order chi connectivity index (χ1) is 15.5. The summed E-state index contributed by atoms with van der Waals surface area (Å²) in [6.07, 6.45) is 4.12. The Hall–Kier alpha value is -2.31. The maximum atomic E-state index is 14.1. The topological polar surface area (TPSA) is 59.8 Å². The molecule has 0 unspecified atom stereocenters. The lowest BCUT2D eigenvalue weighted by Gasteiger charge is -2.26. The molecule has 2 aromatic rings. The van der Waals surface area contributed by atoms with Gasteiger partial charge in [-0.15, -0.1) is 0 Å². The van der Waals surface area contributed by atoms with E-state index in [1.165, 1.54) is 25.1 Å². The average molecular weight is 461 g/mol. The fraction of sp³-hybridized carbons (Fsp3) is 0.654. The van der Waals surface area contributed by atoms with Crippen molar-refractivity contribution in [3.8, 4) is 11.3 Å². The number of aryl methyl sites for hydroxylation is 1. The van der Waals surface area contributed by atoms with Gasteiger partial charge in [0.25, 0.3) is 12.3 Å². The molecule has 5 nitrogen and oxygen atoms in total. The van der Waals surface area contributed by atoms with Crippen molar-refractivity contribution in [3.05, 3.63) is 34.8 Å². The second-order valence-electron chi connectivity index (χ2n) is 10.8. The van der Waals surface area contributed by atoms with E-state index in [0.717, 1.165) is 18.8 Å². The molecule has 0 atom stereocenters. The predicted octanol–water partition coefficient (Wildman–Crippen LogP) is 6.36. The van der Waals surface area contributed by atoms with Crippen molar-refractivity contribution in [2.75, 3.05) is 6.54 Å². The van der Waals surface area contributed by atoms with Gasteiger partial charge < -0.3 is 5.32 Å². The summed E-state index contributed by atoms with van der Waals surface area (Å²) in [6.45, 7) is 13.2. The van der Waals surface area contributed by atoms with Crippen LogP contribution in [0.3, 0.4) is 0 Å². The fourth-order valence-electron chi connectivity index (χ4n) is 4.73. The van der Waals surface area contributed by atoms with Gasteiger partial charge in [0.15, 0.2) is 5.69 Å². The summed E-state index contributed by atoms with van der Waals surface area (Å²) in [5.74, 6) is 1.01. The molecule has 2 aromatic heterocycles. The van der Waals surface area contributed by atoms with Gasteiger partial charge in [-0.25, -0.2) is 8.78 Å². The largest absolute Gasteiger partial charge is 0.350 e. The van der Waals surface area contributed by atoms with Gasteiger partial charge >= 0.3 is 0 Å². The summed E-state index contributed by atoms with van der Waals surface area (Å²) in [5, 5.41) is 7.53. The van der Waals surface area contributed by atoms with Gasteiger partial charge in [0.05, 0.1) is 5.69 Å². The maximum Gasteiger partial charge on any atom is 0.272 e. The van der Waals surface area contributed by atoms with Gasteiger partial charge in [0.1, 0.15) is 0 Å². The van der Waals surface area contributed by atoms with E-state index in [9.17, 15) is 13.6 Å². The Labute approximate surface area is 196 Å². The van der Waals surface area contributed by atoms with Crippen molar-refractivity contribution in [3.63, 3.8) is 0 Å². The number of carbonyl (C=O) groups excluding carboxylic acids is 1. The molecular weight excluding hydrogens is 422 g/mol. The third-order valence-electron chi connectivity index (χ3n) is 6.58. The van der Waals surface area contributed by atoms with Crippen LogP contribution in [-0.4, -0.2) is 27.2 Å². The van der Waals surface area contributed by atoms with Crippen LogP contribution in [0.1, 0.15) is 94.0 Å². The molecule has 1 aliphatic carbocycles. The molecule has 0 radical (unpaired) electrons. The number of rotatable bonds is 7. The number of nitrogens with one attached hydrogen (secondary N) is 1. The molecule has 3 rings (SSSR count). The molecule has 0 saturated heterocycles. The average Bonchev–Trinajstić information content (AvgIpc) is 3.08. The highest BCUT2D eigenvalue weighted by Crippen LogP contribution is 2.35. The monoisotopic (exact) mass is 460 g/mol. The second kappa shape index (κ2) is 10.3. The van der Waals surface area contributed by atoms with Gasteiger partial charge in [-0.05, 0) is 56.4 Å². The Morgan fingerprint density at radius 1 is 1.24 bits per heavy atom. The van der Waals surface area contributed by atoms with Gasteiger partial charge in [0.2, 0.25) is 0 Å². The van der Waals surface area contributed by atoms with Crippen LogP contribution in [-0.2, 0) is 13.0 Å². The summed E-state index contributed by atoms with van der Waals surface area (Å²) >= 11 is 0. The van der Waals surface area contributed by atoms with E-state index in [1.807, 2.05) is 6.92 Å². The molecule has 0 aliphatic heterocycles. The highest BCUT2D eigenvalue weighted by molar-refractivity contribution is 5.95. The summed E-state index contributed by atoms with van der Waals surface area (Å²) < 4.78 is 29.8. The Bertz CT molecular complexity index is 969. The van der Waals surface area contributed by atoms with E-state index in [2.05, 4.69) is 43.1 Å². The van der Waals surface area contributed by atoms with Gasteiger partial charge in [-0.1, -0.05) is 40.5 Å². The number of hydrogen-bond acceptors (Lipinski definition) is 3. The van der Waals surface area contributed by atoms with Crippen molar-refractivity contribution in [2.45, 2.75) is 86.6 Å². The quantitative estimate of drug-likeness (QED) is 0.523. The minimum absolute atomic E-state index is 0.0589. The van der Waals surface area contributed by atoms with Crippen LogP contribution in [0.4, 0.5) is 8.78 Å². The van der Waals surface area contributed by atoms with Crippen LogP contribution in [0.15, 0.2) is 12.3 Å². The lowest BCUT2D eigenvalue weighted by molar-refractivity contribution is 0.0935. The molecule has 1 aliphatic rings. The van der Waals surface area contributed by atoms with Crippen LogP contribution in [0.25, 0.3) is 11.3 Å². The first-order valence-electron chi connectivity index (χ1n) is 12.1. The molecule has 1 fully saturated rings. The van der Waals surface area contributed by atoms with Gasteiger partial charge in [-0.2, -0.15) is 5.10 Å². The fourth-order valence-corrected chi connectivity index (χ4v) is 4.73. The number of aromatic nitrogens is 3. The summed E-state index contributed by atoms with van der Waals surface area (Å²) in [7, 11) is 0. The van der Waals surface area contributed by atoms with E-state index in [-0.39, 0.29) is 16.9 Å². The van der Waals surface area contributed by atoms with E-state index >= 15 is 0 Å². The molecule has 7 heteroatoms. The smallest absolute Gasteiger partial charge is 0.272 e. The Morgan fingerprint density at radius 2 is 1.91 bits per heavy atom. The number of nitrogens with zero attached hydrogens (tertiary/aromatic N) is 3. The zero-order valence-corrected chi connectivity index (χ0v) is 20.8. The summed E-state index contributed by atoms with van der Waals surface area (Å²) in [4.78, 5) is 17.4. The third-order valence-corrected chi connectivity index (χ3v) is 6.58. The van der Waals surface area contributed by atoms with E-state index in [0.29, 0.717) is 53.6 Å². The Balaban J connectivity index is 1.89. The number of carbonyl (C=O) groups is 1. The van der Waals surface area contributed by atoms with Crippen LogP contribution < -0.4 is 5.32 Å². The maximum absolute atomic E-state index is 14.1. The zero-order valence-electron chi connectivity index (χ0n) is 20.8. The highest BCUT2D eigenvalue weighted by Gasteiger charge is 2.26. The minimum atomic E-state index is -2.65. The van der Waals surface area contributed by atoms with Crippen molar-refractivity contribution < 1.29 is 13.6 Å². The van der Waals surface area contributed by atoms with Crippen molar-refractivity contribution in [1.82, 2.24) is 20.1 Å². The molecule has 0 bridgehead atoms. The van der Waals surface area contributed by atoms with Crippen LogP contribution in [0.2, 0.25) is 0 Å². The summed E-state index contributed by atoms with van der Waals surface area (Å²) in [5.41, 5.74) is 2.31. The molecular formula is C26H38F2N4O. The molecule has 182 valence electrons. The van der Waals surface area contributed by atoms with Crippen LogP contribution in [0.5, 0.6) is 0 Å². The molecule has 2 heterocycles. The van der Waals surface area contributed by atoms with Crippen LogP contribution in [0, 0.1) is 24.2 Å². The molecule has 33 heavy (non-hydrogen) atoms. The Kier molecular flexibility index (Phi) is 7.91. The number of hydrogen-bond donors (Lipinski definition) is 1. The van der Waals surface area contributed by atoms with Crippen LogP contribution >= 0.6 is 0 Å². The SMILES string of the molecule is CCn1nc(C(=O)NCC2CCC(C)CC2)c(C)c1-c1cnc(CC(C)(C)C)cc1C(F)F. The van der Waals surface area contributed by atoms with Gasteiger partial charge in [0, 0.05) is 41.7 Å². The molecule has 1 amide bonds. The Morgan fingerprint density at radius 3 is 2.48 bits per heavy atom. The molecule has 0 spiro atoms. The lowest BCUT2D eigenvalue weighted by atomic mass is 9.83. The lowest BCUT2D eigenvalue weighted by Crippen LogP contribution is -2.31. The first-order valence-corrected chi connectivity index (χ1v) is 12.1. The molecule has 1 saturated carbocycles. The van der Waals surface area contributed by atoms with E-state index in [1.54, 1.807) is 11.6 Å². The standard InChI is InChI=1S/C26H38F2N4O/c1-7-32-23(21-15-29-19(13-26(4,5)6)12-20(21)24(27)28)17(3)22(31-32)25(33)30-14-18-10-8-16(2)9-11-18/h12,15-16,18,24H,7-11,13-14H2,1-6H3,(H,30,33). The number of pyridine rings is 1. The number of amides is 1. The zero-order chi connectivity index (χ0) is 24.3. The van der Waals surface area contributed by atoms with Crippen molar-refractivity contribution in [1.29, 1.82) is 0 Å². The predicted molar refractivity (Wildman–Crippen MR) is 127 cm³/mol. The number of alkyl halides is 2. The first kappa shape index (κ1) is 25.3. The minimum Gasteiger partial charge on any atom is -0.350 e. The normalized spacial score (nSPS) is 19.2. The number of halogens is 2. The van der Waals surface area contributed by atoms with Crippen molar-refractivity contribution in [2.24, 2.45) is 17.3 Å². The molecule has 0 aromatic carbocycles. The molecule has 1 N–H and O–H groups in total. The second-order valence-corrected chi connectivity index (χ2v) is 10.8. The van der Waals surface area contributed by atoms with Crippen molar-refractivity contribution >= 4 is 5.91 Å². The summed E-state index contributed by atoms with van der Waals surface area (Å²) in [6, 6.07) is 1.50.